The van der Waals surface area contributed by atoms with E-state index in [4.69, 9.17) is 0 Å². The zero-order valence-electron chi connectivity index (χ0n) is 13.6. The number of alkyl halides is 2. The summed E-state index contributed by atoms with van der Waals surface area (Å²) in [5, 5.41) is 8.97. The Balaban J connectivity index is 1.87. The van der Waals surface area contributed by atoms with Gasteiger partial charge in [0.15, 0.2) is 11.0 Å². The quantitative estimate of drug-likeness (QED) is 0.635. The highest BCUT2D eigenvalue weighted by Gasteiger charge is 2.26. The van der Waals surface area contributed by atoms with Gasteiger partial charge in [0, 0.05) is 29.4 Å². The van der Waals surface area contributed by atoms with Crippen molar-refractivity contribution in [3.05, 3.63) is 48.8 Å². The van der Waals surface area contributed by atoms with E-state index in [0.29, 0.717) is 22.4 Å². The van der Waals surface area contributed by atoms with Crippen molar-refractivity contribution in [3.63, 3.8) is 0 Å². The monoisotopic (exact) mass is 396 g/mol. The van der Waals surface area contributed by atoms with Gasteiger partial charge in [-0.05, 0) is 55.1 Å². The van der Waals surface area contributed by atoms with Gasteiger partial charge >= 0.3 is 5.76 Å². The fourth-order valence-corrected chi connectivity index (χ4v) is 3.88. The highest BCUT2D eigenvalue weighted by Crippen LogP contribution is 2.30. The second-order valence-corrected chi connectivity index (χ2v) is 8.13. The lowest BCUT2D eigenvalue weighted by Gasteiger charge is -2.08. The third-order valence-corrected chi connectivity index (χ3v) is 5.94. The molecule has 0 fully saturated rings. The summed E-state index contributed by atoms with van der Waals surface area (Å²) in [5.74, 6) is -2.77. The standard InChI is InChI=1S/C16H14F2N4O2S2/c1-2-22-14(11-4-3-9-19-10-11)20-21-16(22)25-12-5-7-13(8-6-12)26(23,24)15(17)18/h3-10,15H,2H2,1H3. The van der Waals surface area contributed by atoms with E-state index in [0.717, 1.165) is 5.56 Å². The predicted molar refractivity (Wildman–Crippen MR) is 92.7 cm³/mol. The number of rotatable bonds is 6. The van der Waals surface area contributed by atoms with E-state index in [1.165, 1.54) is 36.0 Å². The summed E-state index contributed by atoms with van der Waals surface area (Å²) in [6.45, 7) is 2.57. The second kappa shape index (κ2) is 7.50. The molecule has 0 aliphatic rings. The van der Waals surface area contributed by atoms with E-state index >= 15 is 0 Å². The maximum absolute atomic E-state index is 12.6. The highest BCUT2D eigenvalue weighted by atomic mass is 32.2. The Labute approximate surface area is 153 Å². The van der Waals surface area contributed by atoms with E-state index in [-0.39, 0.29) is 0 Å². The molecule has 3 aromatic rings. The SMILES string of the molecule is CCn1c(Sc2ccc(S(=O)(=O)C(F)F)cc2)nnc1-c1cccnc1. The van der Waals surface area contributed by atoms with Crippen LogP contribution >= 0.6 is 11.8 Å². The van der Waals surface area contributed by atoms with Crippen LogP contribution in [0.2, 0.25) is 0 Å². The topological polar surface area (TPSA) is 77.7 Å². The molecule has 6 nitrogen and oxygen atoms in total. The van der Waals surface area contributed by atoms with Crippen LogP contribution in [0.3, 0.4) is 0 Å². The first-order chi connectivity index (χ1) is 12.4. The average Bonchev–Trinajstić information content (AvgIpc) is 3.05. The molecule has 10 heteroatoms. The second-order valence-electron chi connectivity index (χ2n) is 5.17. The Kier molecular flexibility index (Phi) is 5.33. The molecule has 0 unspecified atom stereocenters. The van der Waals surface area contributed by atoms with Crippen molar-refractivity contribution in [1.82, 2.24) is 19.7 Å². The van der Waals surface area contributed by atoms with Gasteiger partial charge in [0.1, 0.15) is 0 Å². The molecule has 2 aromatic heterocycles. The Morgan fingerprint density at radius 3 is 2.46 bits per heavy atom. The van der Waals surface area contributed by atoms with Crippen molar-refractivity contribution < 1.29 is 17.2 Å². The Bertz CT molecular complexity index is 991. The van der Waals surface area contributed by atoms with E-state index in [1.807, 2.05) is 17.6 Å². The molecule has 3 rings (SSSR count). The number of nitrogens with zero attached hydrogens (tertiary/aromatic N) is 4. The summed E-state index contributed by atoms with van der Waals surface area (Å²) in [4.78, 5) is 4.32. The maximum atomic E-state index is 12.6. The minimum absolute atomic E-state index is 0.412. The summed E-state index contributed by atoms with van der Waals surface area (Å²) >= 11 is 1.27. The number of hydrogen-bond donors (Lipinski definition) is 0. The van der Waals surface area contributed by atoms with Crippen molar-refractivity contribution in [2.45, 2.75) is 34.2 Å². The smallest absolute Gasteiger partial charge is 0.302 e. The molecule has 0 N–H and O–H groups in total. The highest BCUT2D eigenvalue weighted by molar-refractivity contribution is 7.99. The first kappa shape index (κ1) is 18.5. The van der Waals surface area contributed by atoms with Crippen LogP contribution in [0.4, 0.5) is 8.78 Å². The molecule has 0 bridgehead atoms. The summed E-state index contributed by atoms with van der Waals surface area (Å²) in [7, 11) is -4.59. The lowest BCUT2D eigenvalue weighted by atomic mass is 10.3. The van der Waals surface area contributed by atoms with Crippen molar-refractivity contribution in [1.29, 1.82) is 0 Å². The van der Waals surface area contributed by atoms with Gasteiger partial charge in [-0.3, -0.25) is 4.98 Å². The molecule has 26 heavy (non-hydrogen) atoms. The Morgan fingerprint density at radius 2 is 1.88 bits per heavy atom. The number of benzene rings is 1. The molecule has 0 aliphatic heterocycles. The van der Waals surface area contributed by atoms with Crippen LogP contribution in [0.5, 0.6) is 0 Å². The number of halogens is 2. The zero-order valence-corrected chi connectivity index (χ0v) is 15.2. The van der Waals surface area contributed by atoms with Gasteiger partial charge in [-0.1, -0.05) is 0 Å². The zero-order chi connectivity index (χ0) is 18.7. The van der Waals surface area contributed by atoms with Crippen LogP contribution in [0.25, 0.3) is 11.4 Å². The van der Waals surface area contributed by atoms with Crippen LogP contribution < -0.4 is 0 Å². The van der Waals surface area contributed by atoms with E-state index < -0.39 is 20.5 Å². The fraction of sp³-hybridized carbons (Fsp3) is 0.188. The minimum Gasteiger partial charge on any atom is -0.302 e. The molecule has 0 radical (unpaired) electrons. The fourth-order valence-electron chi connectivity index (χ4n) is 2.26. The van der Waals surface area contributed by atoms with Crippen LogP contribution in [-0.4, -0.2) is 33.9 Å². The van der Waals surface area contributed by atoms with E-state index in [2.05, 4.69) is 15.2 Å². The molecule has 2 heterocycles. The predicted octanol–water partition coefficient (Wildman–Crippen LogP) is 3.51. The number of pyridine rings is 1. The Hall–Kier alpha value is -2.33. The molecule has 0 saturated carbocycles. The molecule has 0 atom stereocenters. The summed E-state index contributed by atoms with van der Waals surface area (Å²) in [5.41, 5.74) is 0.826. The van der Waals surface area contributed by atoms with Gasteiger partial charge in [0.25, 0.3) is 0 Å². The first-order valence-electron chi connectivity index (χ1n) is 7.57. The molecular formula is C16H14F2N4O2S2. The van der Waals surface area contributed by atoms with Crippen LogP contribution in [0.15, 0.2) is 63.7 Å². The summed E-state index contributed by atoms with van der Waals surface area (Å²) < 4.78 is 50.0. The van der Waals surface area contributed by atoms with E-state index in [1.54, 1.807) is 18.5 Å². The van der Waals surface area contributed by atoms with Crippen molar-refractivity contribution >= 4 is 21.6 Å². The summed E-state index contributed by atoms with van der Waals surface area (Å²) in [6.07, 6.45) is 3.36. The van der Waals surface area contributed by atoms with Gasteiger partial charge < -0.3 is 4.57 Å². The number of sulfone groups is 1. The molecular weight excluding hydrogens is 382 g/mol. The average molecular weight is 396 g/mol. The van der Waals surface area contributed by atoms with Crippen molar-refractivity contribution in [3.8, 4) is 11.4 Å². The lowest BCUT2D eigenvalue weighted by molar-refractivity contribution is 0.234. The summed E-state index contributed by atoms with van der Waals surface area (Å²) in [6, 6.07) is 8.95. The Morgan fingerprint density at radius 1 is 1.15 bits per heavy atom. The van der Waals surface area contributed by atoms with Crippen molar-refractivity contribution in [2.24, 2.45) is 0 Å². The first-order valence-corrected chi connectivity index (χ1v) is 9.93. The molecule has 0 aliphatic carbocycles. The molecule has 0 saturated heterocycles. The molecule has 0 amide bonds. The van der Waals surface area contributed by atoms with Gasteiger partial charge in [-0.15, -0.1) is 10.2 Å². The lowest BCUT2D eigenvalue weighted by Crippen LogP contribution is -2.11. The molecule has 1 aromatic carbocycles. The van der Waals surface area contributed by atoms with Gasteiger partial charge in [-0.2, -0.15) is 8.78 Å². The normalized spacial score (nSPS) is 11.8. The van der Waals surface area contributed by atoms with Gasteiger partial charge in [0.05, 0.1) is 4.90 Å². The van der Waals surface area contributed by atoms with Crippen LogP contribution in [0.1, 0.15) is 6.92 Å². The minimum atomic E-state index is -4.59. The maximum Gasteiger partial charge on any atom is 0.341 e. The van der Waals surface area contributed by atoms with Crippen LogP contribution in [-0.2, 0) is 16.4 Å². The molecule has 0 spiro atoms. The molecule has 136 valence electrons. The van der Waals surface area contributed by atoms with Gasteiger partial charge in [-0.25, -0.2) is 8.42 Å². The third-order valence-electron chi connectivity index (χ3n) is 3.55. The number of hydrogen-bond acceptors (Lipinski definition) is 6. The van der Waals surface area contributed by atoms with E-state index in [9.17, 15) is 17.2 Å². The van der Waals surface area contributed by atoms with Crippen LogP contribution in [0, 0.1) is 0 Å². The largest absolute Gasteiger partial charge is 0.341 e. The third kappa shape index (κ3) is 3.61. The number of aromatic nitrogens is 4. The van der Waals surface area contributed by atoms with Gasteiger partial charge in [0.2, 0.25) is 9.84 Å². The van der Waals surface area contributed by atoms with Crippen molar-refractivity contribution in [2.75, 3.05) is 0 Å².